The Morgan fingerprint density at radius 1 is 1.09 bits per heavy atom. The molecule has 0 fully saturated rings. The average Bonchev–Trinajstić information content (AvgIpc) is 2.60. The van der Waals surface area contributed by atoms with Gasteiger partial charge < -0.3 is 9.64 Å². The highest BCUT2D eigenvalue weighted by molar-refractivity contribution is 5.96. The van der Waals surface area contributed by atoms with Crippen molar-refractivity contribution in [1.29, 1.82) is 0 Å². The Balaban J connectivity index is 1.92. The largest absolute Gasteiger partial charge is 0.497 e. The van der Waals surface area contributed by atoms with Gasteiger partial charge in [-0.1, -0.05) is 12.1 Å². The number of anilines is 2. The molecule has 3 aromatic rings. The van der Waals surface area contributed by atoms with Gasteiger partial charge in [0.15, 0.2) is 0 Å². The molecule has 0 saturated carbocycles. The summed E-state index contributed by atoms with van der Waals surface area (Å²) in [5.41, 5.74) is 2.86. The van der Waals surface area contributed by atoms with E-state index in [-0.39, 0.29) is 0 Å². The smallest absolute Gasteiger partial charge is 0.145 e. The molecule has 2 heterocycles. The number of nitrogens with zero attached hydrogens (tertiary/aromatic N) is 4. The molecule has 1 aliphatic rings. The number of methoxy groups -OCH3 is 1. The lowest BCUT2D eigenvalue weighted by atomic mass is 10.1. The highest BCUT2D eigenvalue weighted by Gasteiger charge is 2.20. The van der Waals surface area contributed by atoms with Crippen LogP contribution in [0.15, 0.2) is 47.5 Å². The normalized spacial score (nSPS) is 13.2. The van der Waals surface area contributed by atoms with Gasteiger partial charge in [-0.25, -0.2) is 9.97 Å². The second-order valence-electron chi connectivity index (χ2n) is 5.39. The molecule has 0 bridgehead atoms. The maximum atomic E-state index is 5.29. The van der Waals surface area contributed by atoms with E-state index in [0.29, 0.717) is 6.54 Å². The summed E-state index contributed by atoms with van der Waals surface area (Å²) in [5, 5.41) is 1.04. The quantitative estimate of drug-likeness (QED) is 0.722. The first-order valence-electron chi connectivity index (χ1n) is 7.48. The number of ether oxygens (including phenoxy) is 1. The maximum absolute atomic E-state index is 5.29. The number of hydrogen-bond acceptors (Lipinski definition) is 5. The Bertz CT molecular complexity index is 920. The summed E-state index contributed by atoms with van der Waals surface area (Å²) in [4.78, 5) is 15.9. The zero-order valence-corrected chi connectivity index (χ0v) is 13.0. The monoisotopic (exact) mass is 304 g/mol. The number of aliphatic imine (C=N–C) groups is 1. The minimum Gasteiger partial charge on any atom is -0.497 e. The van der Waals surface area contributed by atoms with Crippen LogP contribution in [-0.4, -0.2) is 29.8 Å². The van der Waals surface area contributed by atoms with E-state index in [1.807, 2.05) is 49.5 Å². The van der Waals surface area contributed by atoms with Crippen molar-refractivity contribution in [2.45, 2.75) is 6.92 Å². The van der Waals surface area contributed by atoms with Gasteiger partial charge in [-0.3, -0.25) is 4.99 Å². The van der Waals surface area contributed by atoms with Crippen LogP contribution < -0.4 is 9.64 Å². The molecular weight excluding hydrogens is 288 g/mol. The Morgan fingerprint density at radius 3 is 2.83 bits per heavy atom. The van der Waals surface area contributed by atoms with E-state index in [0.717, 1.165) is 39.7 Å². The summed E-state index contributed by atoms with van der Waals surface area (Å²) in [5.74, 6) is 2.47. The van der Waals surface area contributed by atoms with Crippen LogP contribution in [0.1, 0.15) is 5.82 Å². The second-order valence-corrected chi connectivity index (χ2v) is 5.39. The minimum absolute atomic E-state index is 0.680. The molecule has 1 aliphatic heterocycles. The first-order chi connectivity index (χ1) is 11.3. The molecule has 114 valence electrons. The molecule has 0 unspecified atom stereocenters. The summed E-state index contributed by atoms with van der Waals surface area (Å²) in [7, 11) is 1.66. The number of aromatic nitrogens is 2. The Hall–Kier alpha value is -2.95. The molecule has 0 atom stereocenters. The first kappa shape index (κ1) is 13.7. The van der Waals surface area contributed by atoms with Gasteiger partial charge >= 0.3 is 0 Å². The van der Waals surface area contributed by atoms with Gasteiger partial charge in [0.2, 0.25) is 0 Å². The zero-order valence-electron chi connectivity index (χ0n) is 13.0. The van der Waals surface area contributed by atoms with Crippen LogP contribution in [0.4, 0.5) is 17.2 Å². The molecule has 5 heteroatoms. The third-order valence-electron chi connectivity index (χ3n) is 3.92. The standard InChI is InChI=1S/C18H16N4O/c1-12-20-15-6-4-3-5-14(15)18(21-12)22-10-9-19-16-11-13(23-2)7-8-17(16)22/h3-9,11H,10H2,1-2H3. The van der Waals surface area contributed by atoms with E-state index >= 15 is 0 Å². The second kappa shape index (κ2) is 5.35. The lowest BCUT2D eigenvalue weighted by Crippen LogP contribution is -2.23. The fourth-order valence-electron chi connectivity index (χ4n) is 2.86. The summed E-state index contributed by atoms with van der Waals surface area (Å²) in [6.07, 6.45) is 1.90. The SMILES string of the molecule is COc1ccc2c(c1)N=CCN2c1nc(C)nc2ccccc12. The van der Waals surface area contributed by atoms with Crippen molar-refractivity contribution in [1.82, 2.24) is 9.97 Å². The predicted octanol–water partition coefficient (Wildman–Crippen LogP) is 3.80. The topological polar surface area (TPSA) is 50.6 Å². The summed E-state index contributed by atoms with van der Waals surface area (Å²) in [6.45, 7) is 2.60. The van der Waals surface area contributed by atoms with E-state index < -0.39 is 0 Å². The Kier molecular flexibility index (Phi) is 3.19. The van der Waals surface area contributed by atoms with Gasteiger partial charge in [-0.2, -0.15) is 0 Å². The minimum atomic E-state index is 0.680. The molecule has 2 aromatic carbocycles. The van der Waals surface area contributed by atoms with E-state index in [1.54, 1.807) is 7.11 Å². The van der Waals surface area contributed by atoms with Gasteiger partial charge in [0.1, 0.15) is 17.4 Å². The first-order valence-corrected chi connectivity index (χ1v) is 7.48. The summed E-state index contributed by atoms with van der Waals surface area (Å²) in [6, 6.07) is 14.0. The van der Waals surface area contributed by atoms with Crippen LogP contribution >= 0.6 is 0 Å². The maximum Gasteiger partial charge on any atom is 0.145 e. The fourth-order valence-corrected chi connectivity index (χ4v) is 2.86. The van der Waals surface area contributed by atoms with Crippen LogP contribution in [-0.2, 0) is 0 Å². The molecule has 0 radical (unpaired) electrons. The molecule has 0 spiro atoms. The molecular formula is C18H16N4O. The highest BCUT2D eigenvalue weighted by atomic mass is 16.5. The number of aryl methyl sites for hydroxylation is 1. The van der Waals surface area contributed by atoms with Gasteiger partial charge in [0.05, 0.1) is 30.5 Å². The zero-order chi connectivity index (χ0) is 15.8. The van der Waals surface area contributed by atoms with Crippen molar-refractivity contribution < 1.29 is 4.74 Å². The van der Waals surface area contributed by atoms with E-state index in [4.69, 9.17) is 4.74 Å². The molecule has 5 nitrogen and oxygen atoms in total. The van der Waals surface area contributed by atoms with Crippen molar-refractivity contribution in [3.63, 3.8) is 0 Å². The lowest BCUT2D eigenvalue weighted by molar-refractivity contribution is 0.415. The highest BCUT2D eigenvalue weighted by Crippen LogP contribution is 2.39. The van der Waals surface area contributed by atoms with Crippen molar-refractivity contribution >= 4 is 34.3 Å². The van der Waals surface area contributed by atoms with Crippen LogP contribution in [0.5, 0.6) is 5.75 Å². The third-order valence-corrected chi connectivity index (χ3v) is 3.92. The average molecular weight is 304 g/mol. The van der Waals surface area contributed by atoms with Gasteiger partial charge in [0, 0.05) is 17.7 Å². The Labute approximate surface area is 134 Å². The molecule has 0 aliphatic carbocycles. The molecule has 0 N–H and O–H groups in total. The number of fused-ring (bicyclic) bond motifs is 2. The number of benzene rings is 2. The van der Waals surface area contributed by atoms with Gasteiger partial charge in [-0.05, 0) is 31.2 Å². The fraction of sp³-hybridized carbons (Fsp3) is 0.167. The van der Waals surface area contributed by atoms with Gasteiger partial charge in [0.25, 0.3) is 0 Å². The van der Waals surface area contributed by atoms with E-state index in [2.05, 4.69) is 25.9 Å². The number of hydrogen-bond donors (Lipinski definition) is 0. The van der Waals surface area contributed by atoms with E-state index in [1.165, 1.54) is 0 Å². The molecule has 0 amide bonds. The summed E-state index contributed by atoms with van der Waals surface area (Å²) >= 11 is 0. The third kappa shape index (κ3) is 2.30. The Morgan fingerprint density at radius 2 is 1.96 bits per heavy atom. The van der Waals surface area contributed by atoms with Gasteiger partial charge in [-0.15, -0.1) is 0 Å². The van der Waals surface area contributed by atoms with Crippen LogP contribution in [0.3, 0.4) is 0 Å². The predicted molar refractivity (Wildman–Crippen MR) is 92.4 cm³/mol. The molecule has 0 saturated heterocycles. The summed E-state index contributed by atoms with van der Waals surface area (Å²) < 4.78 is 5.29. The molecule has 23 heavy (non-hydrogen) atoms. The van der Waals surface area contributed by atoms with Crippen LogP contribution in [0, 0.1) is 6.92 Å². The van der Waals surface area contributed by atoms with E-state index in [9.17, 15) is 0 Å². The van der Waals surface area contributed by atoms with Crippen molar-refractivity contribution in [2.24, 2.45) is 4.99 Å². The van der Waals surface area contributed by atoms with Crippen molar-refractivity contribution in [2.75, 3.05) is 18.6 Å². The van der Waals surface area contributed by atoms with Crippen molar-refractivity contribution in [3.8, 4) is 5.75 Å². The van der Waals surface area contributed by atoms with Crippen LogP contribution in [0.25, 0.3) is 10.9 Å². The lowest BCUT2D eigenvalue weighted by Gasteiger charge is -2.27. The number of para-hydroxylation sites is 1. The molecule has 4 rings (SSSR count). The number of rotatable bonds is 2. The van der Waals surface area contributed by atoms with Crippen molar-refractivity contribution in [3.05, 3.63) is 48.3 Å². The molecule has 1 aromatic heterocycles. The van der Waals surface area contributed by atoms with Crippen LogP contribution in [0.2, 0.25) is 0 Å².